The Hall–Kier alpha value is -0.640. The van der Waals surface area contributed by atoms with Gasteiger partial charge in [-0.3, -0.25) is 0 Å². The first kappa shape index (κ1) is 8.65. The van der Waals surface area contributed by atoms with E-state index in [9.17, 15) is 0 Å². The Bertz CT molecular complexity index is 416. The second-order valence-corrected chi connectivity index (χ2v) is 5.23. The van der Waals surface area contributed by atoms with Gasteiger partial charge in [-0.25, -0.2) is 0 Å². The molecular formula is C11H11NS2. The average molecular weight is 221 g/mol. The molecule has 2 aromatic heterocycles. The second kappa shape index (κ2) is 3.50. The Morgan fingerprint density at radius 3 is 3.14 bits per heavy atom. The van der Waals surface area contributed by atoms with Crippen LogP contribution >= 0.6 is 22.7 Å². The van der Waals surface area contributed by atoms with Crippen LogP contribution in [0.15, 0.2) is 28.3 Å². The average Bonchev–Trinajstić information content (AvgIpc) is 2.88. The van der Waals surface area contributed by atoms with Crippen LogP contribution in [0.1, 0.15) is 22.0 Å². The van der Waals surface area contributed by atoms with Crippen molar-refractivity contribution < 1.29 is 0 Å². The van der Waals surface area contributed by atoms with Crippen LogP contribution in [0.5, 0.6) is 0 Å². The lowest BCUT2D eigenvalue weighted by molar-refractivity contribution is 0.580. The molecule has 3 heterocycles. The van der Waals surface area contributed by atoms with E-state index in [4.69, 9.17) is 0 Å². The minimum Gasteiger partial charge on any atom is -0.305 e. The largest absolute Gasteiger partial charge is 0.305 e. The second-order valence-electron chi connectivity index (χ2n) is 3.50. The van der Waals surface area contributed by atoms with Gasteiger partial charge in [-0.1, -0.05) is 0 Å². The first-order valence-corrected chi connectivity index (χ1v) is 6.59. The van der Waals surface area contributed by atoms with E-state index >= 15 is 0 Å². The van der Waals surface area contributed by atoms with Crippen LogP contribution in [-0.4, -0.2) is 6.54 Å². The normalized spacial score (nSPS) is 20.7. The molecule has 1 aliphatic rings. The summed E-state index contributed by atoms with van der Waals surface area (Å²) in [6.45, 7) is 1.10. The van der Waals surface area contributed by atoms with Gasteiger partial charge in [0.15, 0.2) is 0 Å². The van der Waals surface area contributed by atoms with Gasteiger partial charge >= 0.3 is 0 Å². The summed E-state index contributed by atoms with van der Waals surface area (Å²) in [5.41, 5.74) is 2.95. The molecule has 14 heavy (non-hydrogen) atoms. The van der Waals surface area contributed by atoms with E-state index in [1.807, 2.05) is 11.3 Å². The molecule has 0 amide bonds. The van der Waals surface area contributed by atoms with Crippen molar-refractivity contribution in [3.8, 4) is 0 Å². The van der Waals surface area contributed by atoms with Crippen LogP contribution in [0.2, 0.25) is 0 Å². The molecule has 1 aliphatic heterocycles. The summed E-state index contributed by atoms with van der Waals surface area (Å²) < 4.78 is 0. The smallest absolute Gasteiger partial charge is 0.0682 e. The lowest BCUT2D eigenvalue weighted by Crippen LogP contribution is -2.28. The molecule has 0 saturated heterocycles. The predicted molar refractivity (Wildman–Crippen MR) is 62.2 cm³/mol. The van der Waals surface area contributed by atoms with Crippen molar-refractivity contribution in [1.29, 1.82) is 0 Å². The SMILES string of the molecule is c1cc(C2NCCc3ccsc32)cs1. The monoisotopic (exact) mass is 221 g/mol. The highest BCUT2D eigenvalue weighted by atomic mass is 32.1. The van der Waals surface area contributed by atoms with E-state index in [0.717, 1.165) is 6.54 Å². The molecule has 0 saturated carbocycles. The Morgan fingerprint density at radius 1 is 1.29 bits per heavy atom. The summed E-state index contributed by atoms with van der Waals surface area (Å²) in [4.78, 5) is 1.51. The van der Waals surface area contributed by atoms with E-state index in [1.165, 1.54) is 22.4 Å². The van der Waals surface area contributed by atoms with Gasteiger partial charge < -0.3 is 5.32 Å². The van der Waals surface area contributed by atoms with Crippen molar-refractivity contribution in [2.24, 2.45) is 0 Å². The molecular weight excluding hydrogens is 210 g/mol. The van der Waals surface area contributed by atoms with Gasteiger partial charge in [0.05, 0.1) is 6.04 Å². The van der Waals surface area contributed by atoms with E-state index in [2.05, 4.69) is 33.6 Å². The van der Waals surface area contributed by atoms with Crippen molar-refractivity contribution in [3.05, 3.63) is 44.3 Å². The number of hydrogen-bond donors (Lipinski definition) is 1. The predicted octanol–water partition coefficient (Wildman–Crippen LogP) is 3.04. The van der Waals surface area contributed by atoms with Crippen molar-refractivity contribution in [2.45, 2.75) is 12.5 Å². The molecule has 0 bridgehead atoms. The van der Waals surface area contributed by atoms with Gasteiger partial charge in [0.25, 0.3) is 0 Å². The summed E-state index contributed by atoms with van der Waals surface area (Å²) in [5.74, 6) is 0. The maximum Gasteiger partial charge on any atom is 0.0682 e. The molecule has 0 aliphatic carbocycles. The maximum absolute atomic E-state index is 3.58. The molecule has 0 radical (unpaired) electrons. The molecule has 0 aromatic carbocycles. The Morgan fingerprint density at radius 2 is 2.29 bits per heavy atom. The first-order chi connectivity index (χ1) is 6.95. The molecule has 1 nitrogen and oxygen atoms in total. The molecule has 2 aromatic rings. The fourth-order valence-electron chi connectivity index (χ4n) is 1.96. The van der Waals surface area contributed by atoms with Crippen molar-refractivity contribution >= 4 is 22.7 Å². The third-order valence-electron chi connectivity index (χ3n) is 2.66. The van der Waals surface area contributed by atoms with Gasteiger partial charge in [0, 0.05) is 11.4 Å². The van der Waals surface area contributed by atoms with Crippen molar-refractivity contribution in [1.82, 2.24) is 5.32 Å². The number of hydrogen-bond acceptors (Lipinski definition) is 3. The van der Waals surface area contributed by atoms with Crippen LogP contribution in [0, 0.1) is 0 Å². The van der Waals surface area contributed by atoms with E-state index < -0.39 is 0 Å². The molecule has 3 heteroatoms. The van der Waals surface area contributed by atoms with Crippen molar-refractivity contribution in [2.75, 3.05) is 6.54 Å². The van der Waals surface area contributed by atoms with Crippen LogP contribution in [-0.2, 0) is 6.42 Å². The molecule has 1 atom stereocenters. The summed E-state index contributed by atoms with van der Waals surface area (Å²) in [7, 11) is 0. The highest BCUT2D eigenvalue weighted by molar-refractivity contribution is 7.10. The van der Waals surface area contributed by atoms with Gasteiger partial charge in [-0.05, 0) is 45.8 Å². The number of rotatable bonds is 1. The lowest BCUT2D eigenvalue weighted by Gasteiger charge is -2.23. The highest BCUT2D eigenvalue weighted by Gasteiger charge is 2.22. The third kappa shape index (κ3) is 1.32. The van der Waals surface area contributed by atoms with E-state index in [1.54, 1.807) is 11.3 Å². The molecule has 1 N–H and O–H groups in total. The number of thiophene rings is 2. The Kier molecular flexibility index (Phi) is 2.16. The molecule has 3 rings (SSSR count). The zero-order valence-electron chi connectivity index (χ0n) is 7.69. The fraction of sp³-hybridized carbons (Fsp3) is 0.273. The topological polar surface area (TPSA) is 12.0 Å². The zero-order valence-corrected chi connectivity index (χ0v) is 9.33. The summed E-state index contributed by atoms with van der Waals surface area (Å²) >= 11 is 3.65. The highest BCUT2D eigenvalue weighted by Crippen LogP contribution is 2.33. The van der Waals surface area contributed by atoms with Crippen LogP contribution in [0.3, 0.4) is 0 Å². The molecule has 72 valence electrons. The van der Waals surface area contributed by atoms with Crippen LogP contribution < -0.4 is 5.32 Å². The Balaban J connectivity index is 2.04. The zero-order chi connectivity index (χ0) is 9.38. The molecule has 0 spiro atoms. The third-order valence-corrected chi connectivity index (χ3v) is 4.39. The van der Waals surface area contributed by atoms with Gasteiger partial charge in [0.2, 0.25) is 0 Å². The summed E-state index contributed by atoms with van der Waals surface area (Å²) in [6.07, 6.45) is 1.18. The van der Waals surface area contributed by atoms with E-state index in [-0.39, 0.29) is 0 Å². The first-order valence-electron chi connectivity index (χ1n) is 4.77. The quantitative estimate of drug-likeness (QED) is 0.780. The maximum atomic E-state index is 3.58. The van der Waals surface area contributed by atoms with Crippen molar-refractivity contribution in [3.63, 3.8) is 0 Å². The molecule has 0 fully saturated rings. The summed E-state index contributed by atoms with van der Waals surface area (Å²) in [6, 6.07) is 4.93. The van der Waals surface area contributed by atoms with E-state index in [0.29, 0.717) is 6.04 Å². The number of fused-ring (bicyclic) bond motifs is 1. The minimum atomic E-state index is 0.449. The standard InChI is InChI=1S/C11H11NS2/c1-4-12-10(9-2-5-13-7-9)11-8(1)3-6-14-11/h2-3,5-7,10,12H,1,4H2. The minimum absolute atomic E-state index is 0.449. The fourth-order valence-corrected chi connectivity index (χ4v) is 3.70. The Labute approximate surface area is 91.4 Å². The van der Waals surface area contributed by atoms with Gasteiger partial charge in [-0.2, -0.15) is 11.3 Å². The lowest BCUT2D eigenvalue weighted by atomic mass is 10.00. The summed E-state index contributed by atoms with van der Waals surface area (Å²) in [5, 5.41) is 10.2. The molecule has 1 unspecified atom stereocenters. The van der Waals surface area contributed by atoms with Crippen LogP contribution in [0.4, 0.5) is 0 Å². The number of nitrogens with one attached hydrogen (secondary N) is 1. The van der Waals surface area contributed by atoms with Crippen LogP contribution in [0.25, 0.3) is 0 Å². The van der Waals surface area contributed by atoms with Gasteiger partial charge in [-0.15, -0.1) is 11.3 Å². The van der Waals surface area contributed by atoms with Gasteiger partial charge in [0.1, 0.15) is 0 Å².